The Morgan fingerprint density at radius 1 is 0.491 bits per heavy atom. The number of carbonyl (C=O) groups is 4. The van der Waals surface area contributed by atoms with Gasteiger partial charge in [-0.15, -0.1) is 0 Å². The molecule has 27 unspecified atom stereocenters. The summed E-state index contributed by atoms with van der Waals surface area (Å²) in [5.74, 6) is 2.31. The molecule has 15 aliphatic heterocycles. The molecule has 22 nitrogen and oxygen atoms in total. The standard InChI is InChI=1S/C32H37N3O5S.C28H31N3O4.C27H29N3O4/c1-6-41-15-17-8-10-22-18(12-17)24-20-14-33-28(36)30(20,3)25-19-11-16(2)7-9-21(19)34-23-13-32(38,29(37)39-5)31(4,40-23)35(22)26(24)27(25)34;1-26-17(13-29-25(26)33)21-15-8-4-7-11-19(15)31-23(21)24-22(26)16-9-5-6-10-18(16)30(24)20-12-28(14-32,34-3)27(31,2)35-20;1-25-16(12-28-24(25)32)20-14-7-3-6-10-18(14)30-22(20)23-21(25)15-8-4-5-9-17(15)29(23)19-11-27(33,13-31)26(30,2)34-19/h7-12,20,23-27,38H,6,13-15H2,1-5H3,(H,33,36);4-11,17,20-24,32H,12-14H2,1-3H3,(H,29,33);3-10,16,19-23,31,33H,11-13H2,1-2H3,(H,28,32). The second-order valence-electron chi connectivity index (χ2n) is 36.1. The van der Waals surface area contributed by atoms with Crippen molar-refractivity contribution in [1.82, 2.24) is 16.0 Å². The van der Waals surface area contributed by atoms with Crippen LogP contribution in [0.2, 0.25) is 0 Å². The molecule has 110 heavy (non-hydrogen) atoms. The Morgan fingerprint density at radius 3 is 1.41 bits per heavy atom. The zero-order valence-electron chi connectivity index (χ0n) is 63.7. The molecule has 3 saturated carbocycles. The first-order valence-electron chi connectivity index (χ1n) is 39.9. The van der Waals surface area contributed by atoms with Gasteiger partial charge in [0.1, 0.15) is 29.9 Å². The highest BCUT2D eigenvalue weighted by molar-refractivity contribution is 7.98. The number of amides is 3. The third-order valence-electron chi connectivity index (χ3n) is 32.5. The average Bonchev–Trinajstić information content (AvgIpc) is 1.49. The Balaban J connectivity index is 0.000000102. The molecular weight excluding hydrogens is 1410 g/mol. The Labute approximate surface area is 644 Å². The van der Waals surface area contributed by atoms with Crippen molar-refractivity contribution in [2.45, 2.75) is 205 Å². The fraction of sp³-hybridized carbons (Fsp3) is 0.540. The van der Waals surface area contributed by atoms with Crippen LogP contribution in [0.4, 0.5) is 34.1 Å². The number of aliphatic hydroxyl groups is 4. The summed E-state index contributed by atoms with van der Waals surface area (Å²) < 4.78 is 32.2. The van der Waals surface area contributed by atoms with Gasteiger partial charge in [0.15, 0.2) is 17.2 Å². The van der Waals surface area contributed by atoms with Gasteiger partial charge >= 0.3 is 5.97 Å². The number of anilines is 6. The lowest BCUT2D eigenvalue weighted by molar-refractivity contribution is -0.182. The highest BCUT2D eigenvalue weighted by Crippen LogP contribution is 2.75. The highest BCUT2D eigenvalue weighted by atomic mass is 32.2. The molecule has 27 atom stereocenters. The van der Waals surface area contributed by atoms with Gasteiger partial charge in [0.05, 0.1) is 72.8 Å². The van der Waals surface area contributed by atoms with E-state index in [0.29, 0.717) is 32.5 Å². The van der Waals surface area contributed by atoms with Crippen LogP contribution in [0.3, 0.4) is 0 Å². The van der Waals surface area contributed by atoms with Crippen molar-refractivity contribution in [3.63, 3.8) is 0 Å². The molecule has 7 N–H and O–H groups in total. The molecule has 9 saturated heterocycles. The normalized spacial score (nSPS) is 44.0. The number of methoxy groups -OCH3 is 2. The number of carbonyl (C=O) groups excluding carboxylic acids is 4. The smallest absolute Gasteiger partial charge is 0.343 e. The number of esters is 1. The number of thioether (sulfide) groups is 1. The Morgan fingerprint density at radius 2 is 0.909 bits per heavy atom. The molecule has 3 aliphatic carbocycles. The predicted molar refractivity (Wildman–Crippen MR) is 413 cm³/mol. The maximum absolute atomic E-state index is 13.9. The van der Waals surface area contributed by atoms with Crippen LogP contribution in [0.5, 0.6) is 0 Å². The maximum Gasteiger partial charge on any atom is 0.343 e. The van der Waals surface area contributed by atoms with Crippen molar-refractivity contribution < 1.29 is 63.3 Å². The van der Waals surface area contributed by atoms with Crippen LogP contribution in [-0.2, 0) is 48.6 Å². The van der Waals surface area contributed by atoms with Gasteiger partial charge in [-0.25, -0.2) is 4.79 Å². The summed E-state index contributed by atoms with van der Waals surface area (Å²) in [4.78, 5) is 68.7. The van der Waals surface area contributed by atoms with Crippen LogP contribution < -0.4 is 45.3 Å². The number of aryl methyl sites for hydroxylation is 1. The number of para-hydroxylation sites is 4. The van der Waals surface area contributed by atoms with Crippen LogP contribution in [0.25, 0.3) is 0 Å². The number of fused-ring (bicyclic) bond motifs is 39. The van der Waals surface area contributed by atoms with Crippen LogP contribution in [0, 0.1) is 40.9 Å². The zero-order valence-corrected chi connectivity index (χ0v) is 64.5. The van der Waals surface area contributed by atoms with Crippen molar-refractivity contribution in [3.05, 3.63) is 178 Å². The summed E-state index contributed by atoms with van der Waals surface area (Å²) in [6, 6.07) is 47.1. The van der Waals surface area contributed by atoms with E-state index in [0.717, 1.165) is 56.8 Å². The largest absolute Gasteiger partial charge is 0.467 e. The number of benzene rings is 6. The molecule has 6 aromatic carbocycles. The van der Waals surface area contributed by atoms with Crippen molar-refractivity contribution in [2.24, 2.45) is 34.0 Å². The lowest BCUT2D eigenvalue weighted by Crippen LogP contribution is -2.71. The molecule has 6 aromatic rings. The molecule has 15 heterocycles. The fourth-order valence-electron chi connectivity index (χ4n) is 27.7. The number of aliphatic hydroxyl groups excluding tert-OH is 2. The molecule has 6 bridgehead atoms. The second kappa shape index (κ2) is 22.3. The Bertz CT molecular complexity index is 5030. The zero-order chi connectivity index (χ0) is 75.7. The molecule has 574 valence electrons. The Kier molecular flexibility index (Phi) is 13.9. The topological polar surface area (TPSA) is 251 Å². The lowest BCUT2D eigenvalue weighted by atomic mass is 9.53. The van der Waals surface area contributed by atoms with Gasteiger partial charge in [-0.1, -0.05) is 110 Å². The first-order chi connectivity index (χ1) is 52.9. The van der Waals surface area contributed by atoms with E-state index in [1.807, 2.05) is 37.7 Å². The average molecular weight is 1510 g/mol. The lowest BCUT2D eigenvalue weighted by Gasteiger charge is -2.56. The molecule has 0 aromatic heterocycles. The van der Waals surface area contributed by atoms with Gasteiger partial charge in [-0.2, -0.15) is 11.8 Å². The molecule has 24 rings (SSSR count). The second-order valence-corrected chi connectivity index (χ2v) is 37.4. The minimum atomic E-state index is -1.88. The van der Waals surface area contributed by atoms with Crippen molar-refractivity contribution in [3.8, 4) is 0 Å². The maximum atomic E-state index is 13.9. The van der Waals surface area contributed by atoms with E-state index in [2.05, 4.69) is 208 Å². The van der Waals surface area contributed by atoms with Gasteiger partial charge in [-0.3, -0.25) is 14.4 Å². The third kappa shape index (κ3) is 7.61. The molecule has 18 aliphatic rings. The van der Waals surface area contributed by atoms with Crippen LogP contribution in [-0.4, -0.2) is 186 Å². The van der Waals surface area contributed by atoms with E-state index < -0.39 is 62.4 Å². The van der Waals surface area contributed by atoms with Crippen molar-refractivity contribution in [1.29, 1.82) is 0 Å². The molecule has 3 amide bonds. The fourth-order valence-corrected chi connectivity index (χ4v) is 28.4. The Hall–Kier alpha value is -7.97. The van der Waals surface area contributed by atoms with Gasteiger partial charge in [0.25, 0.3) is 0 Å². The molecular formula is C87H97N9O13S. The number of nitrogens with one attached hydrogen (secondary N) is 3. The monoisotopic (exact) mass is 1510 g/mol. The summed E-state index contributed by atoms with van der Waals surface area (Å²) >= 11 is 1.89. The van der Waals surface area contributed by atoms with E-state index in [-0.39, 0.29) is 139 Å². The first-order valence-corrected chi connectivity index (χ1v) is 41.1. The van der Waals surface area contributed by atoms with Crippen LogP contribution in [0.15, 0.2) is 133 Å². The van der Waals surface area contributed by atoms with E-state index in [9.17, 15) is 39.6 Å². The summed E-state index contributed by atoms with van der Waals surface area (Å²) in [7, 11) is 3.02. The number of ether oxygens (including phenoxy) is 5. The molecule has 0 spiro atoms. The van der Waals surface area contributed by atoms with Gasteiger partial charge < -0.3 is 89.5 Å². The minimum absolute atomic E-state index is 0.00829. The van der Waals surface area contributed by atoms with Crippen molar-refractivity contribution >= 4 is 69.6 Å². The van der Waals surface area contributed by atoms with Gasteiger partial charge in [-0.05, 0) is 130 Å². The number of hydrogen-bond acceptors (Lipinski definition) is 20. The summed E-state index contributed by atoms with van der Waals surface area (Å²) in [6.07, 6.45) is -0.267. The number of nitrogens with zero attached hydrogens (tertiary/aromatic N) is 6. The predicted octanol–water partition coefficient (Wildman–Crippen LogP) is 8.09. The van der Waals surface area contributed by atoms with Gasteiger partial charge in [0.2, 0.25) is 23.3 Å². The van der Waals surface area contributed by atoms with Gasteiger partial charge in [0, 0.05) is 139 Å². The van der Waals surface area contributed by atoms with E-state index in [4.69, 9.17) is 23.7 Å². The minimum Gasteiger partial charge on any atom is -0.467 e. The summed E-state index contributed by atoms with van der Waals surface area (Å²) in [6.45, 7) is 18.1. The van der Waals surface area contributed by atoms with E-state index in [1.54, 1.807) is 7.11 Å². The molecule has 12 fully saturated rings. The number of hydrogen-bond donors (Lipinski definition) is 7. The van der Waals surface area contributed by atoms with E-state index >= 15 is 0 Å². The molecule has 23 heteroatoms. The van der Waals surface area contributed by atoms with Crippen LogP contribution in [0.1, 0.15) is 148 Å². The summed E-state index contributed by atoms with van der Waals surface area (Å²) in [5, 5.41) is 55.1. The third-order valence-corrected chi connectivity index (χ3v) is 33.4. The van der Waals surface area contributed by atoms with E-state index in [1.165, 1.54) is 40.5 Å². The molecule has 0 radical (unpaired) electrons. The first kappa shape index (κ1) is 68.8. The SMILES string of the molecule is CC12C(=O)NCC1C1c3ccccc3N3C1C1C2c2ccccc2N1C1CC(O)(CO)C3(C)O1.CCSCc1ccc2c(c1)C1C3C4C(c5cc(C)ccc5N4C4CC(O)(C(=O)OC)C(C)(O4)N23)C2(C)C(=O)NCC12.COC1(CO)CC2OC1(C)N1c3ccccc3C3C1C1C(c4ccccc4N21)C1(C)C(=O)NCC31. The summed E-state index contributed by atoms with van der Waals surface area (Å²) in [5.41, 5.74) is 6.95. The van der Waals surface area contributed by atoms with Crippen molar-refractivity contribution in [2.75, 3.05) is 82.2 Å². The highest BCUT2D eigenvalue weighted by Gasteiger charge is 2.82. The number of rotatable bonds is 7. The van der Waals surface area contributed by atoms with Crippen LogP contribution >= 0.6 is 11.8 Å². The quantitative estimate of drug-likeness (QED) is 0.0746.